The van der Waals surface area contributed by atoms with E-state index in [9.17, 15) is 13.6 Å². The second-order valence-corrected chi connectivity index (χ2v) is 4.29. The molecule has 3 nitrogen and oxygen atoms in total. The third kappa shape index (κ3) is 2.13. The Morgan fingerprint density at radius 3 is 2.75 bits per heavy atom. The Hall–Kier alpha value is -1.26. The Bertz CT molecular complexity index is 397. The molecule has 1 heterocycles. The molecule has 0 radical (unpaired) electrons. The molecule has 1 fully saturated rings. The molecule has 0 atom stereocenters. The normalized spacial score (nSPS) is 16.5. The van der Waals surface area contributed by atoms with E-state index in [1.54, 1.807) is 0 Å². The standard InChI is InChI=1S/C11H14F2N2O/c1-7(16)10-5-9(11(12)13)14-15(10)6-8-3-2-4-8/h5,8,11H,2-4,6H2,1H3. The first-order valence-electron chi connectivity index (χ1n) is 5.44. The third-order valence-electron chi connectivity index (χ3n) is 3.04. The van der Waals surface area contributed by atoms with Gasteiger partial charge in [0.1, 0.15) is 11.4 Å². The number of aromatic nitrogens is 2. The lowest BCUT2D eigenvalue weighted by Crippen LogP contribution is -2.21. The molecule has 1 aromatic rings. The van der Waals surface area contributed by atoms with Gasteiger partial charge in [0.15, 0.2) is 5.78 Å². The molecule has 0 spiro atoms. The number of rotatable bonds is 4. The molecule has 0 aromatic carbocycles. The second-order valence-electron chi connectivity index (χ2n) is 4.29. The number of nitrogens with zero attached hydrogens (tertiary/aromatic N) is 2. The van der Waals surface area contributed by atoms with Gasteiger partial charge in [-0.3, -0.25) is 9.48 Å². The summed E-state index contributed by atoms with van der Waals surface area (Å²) in [5, 5.41) is 3.80. The van der Waals surface area contributed by atoms with Crippen LogP contribution in [-0.4, -0.2) is 15.6 Å². The zero-order valence-corrected chi connectivity index (χ0v) is 9.12. The topological polar surface area (TPSA) is 34.9 Å². The highest BCUT2D eigenvalue weighted by Gasteiger charge is 2.23. The van der Waals surface area contributed by atoms with Gasteiger partial charge in [0.25, 0.3) is 6.43 Å². The van der Waals surface area contributed by atoms with Gasteiger partial charge in [-0.2, -0.15) is 5.10 Å². The lowest BCUT2D eigenvalue weighted by Gasteiger charge is -2.25. The van der Waals surface area contributed by atoms with Crippen molar-refractivity contribution in [1.82, 2.24) is 9.78 Å². The molecule has 88 valence electrons. The monoisotopic (exact) mass is 228 g/mol. The van der Waals surface area contributed by atoms with Gasteiger partial charge in [0, 0.05) is 13.5 Å². The van der Waals surface area contributed by atoms with Crippen LogP contribution in [0.3, 0.4) is 0 Å². The van der Waals surface area contributed by atoms with Crippen LogP contribution in [0, 0.1) is 5.92 Å². The smallest absolute Gasteiger partial charge is 0.282 e. The van der Waals surface area contributed by atoms with E-state index in [2.05, 4.69) is 5.10 Å². The van der Waals surface area contributed by atoms with E-state index in [0.717, 1.165) is 12.8 Å². The molecular weight excluding hydrogens is 214 g/mol. The van der Waals surface area contributed by atoms with Gasteiger partial charge in [0.05, 0.1) is 0 Å². The molecule has 1 aliphatic rings. The van der Waals surface area contributed by atoms with Gasteiger partial charge in [-0.15, -0.1) is 0 Å². The van der Waals surface area contributed by atoms with Crippen molar-refractivity contribution in [3.63, 3.8) is 0 Å². The van der Waals surface area contributed by atoms with Crippen LogP contribution in [0.2, 0.25) is 0 Å². The van der Waals surface area contributed by atoms with Crippen LogP contribution < -0.4 is 0 Å². The molecular formula is C11H14F2N2O. The first-order valence-corrected chi connectivity index (χ1v) is 5.44. The number of ketones is 1. The van der Waals surface area contributed by atoms with Crippen LogP contribution in [-0.2, 0) is 6.54 Å². The van der Waals surface area contributed by atoms with E-state index in [0.29, 0.717) is 18.2 Å². The summed E-state index contributed by atoms with van der Waals surface area (Å²) in [6.07, 6.45) is 0.770. The molecule has 0 bridgehead atoms. The van der Waals surface area contributed by atoms with Crippen molar-refractivity contribution in [2.24, 2.45) is 5.92 Å². The number of hydrogen-bond acceptors (Lipinski definition) is 2. The van der Waals surface area contributed by atoms with Gasteiger partial charge >= 0.3 is 0 Å². The van der Waals surface area contributed by atoms with Crippen LogP contribution in [0.15, 0.2) is 6.07 Å². The minimum absolute atomic E-state index is 0.210. The number of carbonyl (C=O) groups excluding carboxylic acids is 1. The molecule has 1 aromatic heterocycles. The van der Waals surface area contributed by atoms with Gasteiger partial charge in [-0.1, -0.05) is 6.42 Å². The molecule has 16 heavy (non-hydrogen) atoms. The van der Waals surface area contributed by atoms with Crippen molar-refractivity contribution in [1.29, 1.82) is 0 Å². The van der Waals surface area contributed by atoms with Crippen LogP contribution in [0.1, 0.15) is 48.8 Å². The highest BCUT2D eigenvalue weighted by atomic mass is 19.3. The van der Waals surface area contributed by atoms with Crippen molar-refractivity contribution in [3.05, 3.63) is 17.5 Å². The van der Waals surface area contributed by atoms with Crippen LogP contribution in [0.4, 0.5) is 8.78 Å². The van der Waals surface area contributed by atoms with Crippen LogP contribution >= 0.6 is 0 Å². The zero-order chi connectivity index (χ0) is 11.7. The minimum atomic E-state index is -2.61. The predicted molar refractivity (Wildman–Crippen MR) is 54.5 cm³/mol. The summed E-state index contributed by atoms with van der Waals surface area (Å²) in [6.45, 7) is 1.96. The fourth-order valence-corrected chi connectivity index (χ4v) is 1.89. The summed E-state index contributed by atoms with van der Waals surface area (Å²) in [4.78, 5) is 11.3. The number of carbonyl (C=O) groups is 1. The van der Waals surface area contributed by atoms with Crippen LogP contribution in [0.5, 0.6) is 0 Å². The Balaban J connectivity index is 2.22. The van der Waals surface area contributed by atoms with Gasteiger partial charge in [-0.25, -0.2) is 8.78 Å². The lowest BCUT2D eigenvalue weighted by atomic mass is 9.85. The number of halogens is 2. The van der Waals surface area contributed by atoms with Crippen molar-refractivity contribution in [2.75, 3.05) is 0 Å². The Labute approximate surface area is 92.4 Å². The minimum Gasteiger partial charge on any atom is -0.293 e. The van der Waals surface area contributed by atoms with E-state index >= 15 is 0 Å². The molecule has 1 saturated carbocycles. The van der Waals surface area contributed by atoms with E-state index in [1.165, 1.54) is 24.1 Å². The molecule has 0 N–H and O–H groups in total. The van der Waals surface area contributed by atoms with Crippen molar-refractivity contribution in [2.45, 2.75) is 39.2 Å². The van der Waals surface area contributed by atoms with Gasteiger partial charge < -0.3 is 0 Å². The molecule has 1 aliphatic carbocycles. The molecule has 0 aliphatic heterocycles. The maximum atomic E-state index is 12.5. The van der Waals surface area contributed by atoms with Crippen molar-refractivity contribution < 1.29 is 13.6 Å². The highest BCUT2D eigenvalue weighted by molar-refractivity contribution is 5.92. The molecule has 0 saturated heterocycles. The Morgan fingerprint density at radius 1 is 1.62 bits per heavy atom. The average Bonchev–Trinajstić information content (AvgIpc) is 2.55. The van der Waals surface area contributed by atoms with Crippen molar-refractivity contribution in [3.8, 4) is 0 Å². The van der Waals surface area contributed by atoms with E-state index in [1.807, 2.05) is 0 Å². The molecule has 2 rings (SSSR count). The Kier molecular flexibility index (Phi) is 3.03. The maximum Gasteiger partial charge on any atom is 0.282 e. The van der Waals surface area contributed by atoms with Crippen LogP contribution in [0.25, 0.3) is 0 Å². The summed E-state index contributed by atoms with van der Waals surface area (Å²) in [5.74, 6) is 0.280. The second kappa shape index (κ2) is 4.31. The Morgan fingerprint density at radius 2 is 2.31 bits per heavy atom. The number of hydrogen-bond donors (Lipinski definition) is 0. The molecule has 0 amide bonds. The van der Waals surface area contributed by atoms with Crippen molar-refractivity contribution >= 4 is 5.78 Å². The lowest BCUT2D eigenvalue weighted by molar-refractivity contribution is 0.0999. The fourth-order valence-electron chi connectivity index (χ4n) is 1.89. The number of alkyl halides is 2. The molecule has 5 heteroatoms. The third-order valence-corrected chi connectivity index (χ3v) is 3.04. The summed E-state index contributed by atoms with van der Waals surface area (Å²) >= 11 is 0. The first-order chi connectivity index (χ1) is 7.58. The van der Waals surface area contributed by atoms with E-state index in [4.69, 9.17) is 0 Å². The average molecular weight is 228 g/mol. The fraction of sp³-hybridized carbons (Fsp3) is 0.636. The SMILES string of the molecule is CC(=O)c1cc(C(F)F)nn1CC1CCC1. The quantitative estimate of drug-likeness (QED) is 0.743. The molecule has 0 unspecified atom stereocenters. The summed E-state index contributed by atoms with van der Waals surface area (Å²) in [6, 6.07) is 1.20. The predicted octanol–water partition coefficient (Wildman–Crippen LogP) is 2.82. The van der Waals surface area contributed by atoms with E-state index < -0.39 is 6.43 Å². The zero-order valence-electron chi connectivity index (χ0n) is 9.12. The first kappa shape index (κ1) is 11.2. The number of Topliss-reactive ketones (excluding diaryl/α,β-unsaturated/α-hetero) is 1. The van der Waals surface area contributed by atoms with E-state index in [-0.39, 0.29) is 11.5 Å². The summed E-state index contributed by atoms with van der Waals surface area (Å²) in [7, 11) is 0. The maximum absolute atomic E-state index is 12.5. The summed E-state index contributed by atoms with van der Waals surface area (Å²) in [5.41, 5.74) is -0.00766. The van der Waals surface area contributed by atoms with Gasteiger partial charge in [0.2, 0.25) is 0 Å². The largest absolute Gasteiger partial charge is 0.293 e. The highest BCUT2D eigenvalue weighted by Crippen LogP contribution is 2.29. The van der Waals surface area contributed by atoms with Gasteiger partial charge in [-0.05, 0) is 24.8 Å². The summed E-state index contributed by atoms with van der Waals surface area (Å²) < 4.78 is 26.4.